The summed E-state index contributed by atoms with van der Waals surface area (Å²) < 4.78 is 3.26. The fourth-order valence-electron chi connectivity index (χ4n) is 2.94. The molecule has 28 heavy (non-hydrogen) atoms. The Hall–Kier alpha value is -3.81. The van der Waals surface area contributed by atoms with Crippen molar-refractivity contribution in [1.29, 1.82) is 0 Å². The van der Waals surface area contributed by atoms with Crippen LogP contribution < -0.4 is 5.32 Å². The lowest BCUT2D eigenvalue weighted by Crippen LogP contribution is -2.33. The van der Waals surface area contributed by atoms with Crippen LogP contribution >= 0.6 is 0 Å². The minimum absolute atomic E-state index is 0.149. The zero-order valence-electron chi connectivity index (χ0n) is 15.1. The largest absolute Gasteiger partial charge is 0.350 e. The Morgan fingerprint density at radius 1 is 1.00 bits per heavy atom. The molecule has 0 aliphatic carbocycles. The zero-order chi connectivity index (χ0) is 19.2. The molecule has 0 fully saturated rings. The highest BCUT2D eigenvalue weighted by Gasteiger charge is 2.22. The summed E-state index contributed by atoms with van der Waals surface area (Å²) >= 11 is 0. The molecular weight excluding hydrogens is 354 g/mol. The molecule has 1 amide bonds. The lowest BCUT2D eigenvalue weighted by atomic mass is 10.1. The number of hydrogen-bond acceptors (Lipinski definition) is 5. The van der Waals surface area contributed by atoms with Crippen LogP contribution in [0.2, 0.25) is 0 Å². The van der Waals surface area contributed by atoms with Crippen LogP contribution in [0.5, 0.6) is 0 Å². The second kappa shape index (κ2) is 8.26. The topological polar surface area (TPSA) is 90.5 Å². The number of rotatable bonds is 7. The molecule has 0 aliphatic rings. The average molecular weight is 373 g/mol. The van der Waals surface area contributed by atoms with E-state index in [4.69, 9.17) is 0 Å². The van der Waals surface area contributed by atoms with Crippen molar-refractivity contribution in [3.05, 3.63) is 90.5 Å². The Balaban J connectivity index is 1.44. The van der Waals surface area contributed by atoms with E-state index in [0.717, 1.165) is 16.8 Å². The zero-order valence-corrected chi connectivity index (χ0v) is 15.1. The van der Waals surface area contributed by atoms with Gasteiger partial charge in [0.05, 0.1) is 11.9 Å². The van der Waals surface area contributed by atoms with Crippen LogP contribution in [0.1, 0.15) is 17.2 Å². The summed E-state index contributed by atoms with van der Waals surface area (Å²) in [6.45, 7) is 0.374. The second-order valence-corrected chi connectivity index (χ2v) is 6.34. The van der Waals surface area contributed by atoms with Gasteiger partial charge in [0.1, 0.15) is 12.4 Å². The normalized spacial score (nSPS) is 11.9. The monoisotopic (exact) mass is 373 g/mol. The number of carbonyl (C=O) groups is 1. The number of hydrogen-bond donors (Lipinski definition) is 1. The van der Waals surface area contributed by atoms with Gasteiger partial charge in [0.15, 0.2) is 0 Å². The highest BCUT2D eigenvalue weighted by Crippen LogP contribution is 2.14. The minimum Gasteiger partial charge on any atom is -0.350 e. The molecule has 0 spiro atoms. The van der Waals surface area contributed by atoms with E-state index in [1.807, 2.05) is 66.9 Å². The van der Waals surface area contributed by atoms with Gasteiger partial charge < -0.3 is 5.32 Å². The standard InChI is InChI=1S/C20H19N7O/c28-20(19(27-15-22-24-25-27)11-16-7-3-1-4-8-16)21-12-17-13-23-26(14-17)18-9-5-2-6-10-18/h1-10,13-15,19H,11-12H2,(H,21,28)/t19-/m0/s1. The molecular formula is C20H19N7O. The Morgan fingerprint density at radius 3 is 2.46 bits per heavy atom. The van der Waals surface area contributed by atoms with Crippen LogP contribution in [-0.2, 0) is 17.8 Å². The molecule has 8 nitrogen and oxygen atoms in total. The fourth-order valence-corrected chi connectivity index (χ4v) is 2.94. The summed E-state index contributed by atoms with van der Waals surface area (Å²) in [4.78, 5) is 12.8. The first-order valence-corrected chi connectivity index (χ1v) is 8.93. The number of para-hydroxylation sites is 1. The highest BCUT2D eigenvalue weighted by atomic mass is 16.2. The number of benzene rings is 2. The van der Waals surface area contributed by atoms with Gasteiger partial charge in [-0.25, -0.2) is 9.36 Å². The van der Waals surface area contributed by atoms with Crippen LogP contribution in [0.15, 0.2) is 79.4 Å². The summed E-state index contributed by atoms with van der Waals surface area (Å²) in [6.07, 6.45) is 5.61. The molecule has 0 unspecified atom stereocenters. The van der Waals surface area contributed by atoms with Gasteiger partial charge in [0, 0.05) is 24.7 Å². The SMILES string of the molecule is O=C(NCc1cnn(-c2ccccc2)c1)[C@H](Cc1ccccc1)n1cnnn1. The summed E-state index contributed by atoms with van der Waals surface area (Å²) in [7, 11) is 0. The maximum atomic E-state index is 12.8. The van der Waals surface area contributed by atoms with Gasteiger partial charge in [-0.1, -0.05) is 48.5 Å². The van der Waals surface area contributed by atoms with Crippen molar-refractivity contribution in [2.75, 3.05) is 0 Å². The van der Waals surface area contributed by atoms with Crippen molar-refractivity contribution in [3.8, 4) is 5.69 Å². The molecule has 0 saturated carbocycles. The summed E-state index contributed by atoms with van der Waals surface area (Å²) in [5, 5.41) is 18.6. The van der Waals surface area contributed by atoms with Gasteiger partial charge in [0.2, 0.25) is 5.91 Å². The van der Waals surface area contributed by atoms with Crippen molar-refractivity contribution in [2.45, 2.75) is 19.0 Å². The maximum absolute atomic E-state index is 12.8. The Labute approximate surface area is 161 Å². The summed E-state index contributed by atoms with van der Waals surface area (Å²) in [6, 6.07) is 19.1. The lowest BCUT2D eigenvalue weighted by Gasteiger charge is -2.16. The summed E-state index contributed by atoms with van der Waals surface area (Å²) in [5.74, 6) is -0.149. The van der Waals surface area contributed by atoms with E-state index < -0.39 is 6.04 Å². The third kappa shape index (κ3) is 4.12. The van der Waals surface area contributed by atoms with Crippen LogP contribution in [0, 0.1) is 0 Å². The molecule has 140 valence electrons. The second-order valence-electron chi connectivity index (χ2n) is 6.34. The van der Waals surface area contributed by atoms with E-state index in [9.17, 15) is 4.79 Å². The molecule has 8 heteroatoms. The molecule has 1 N–H and O–H groups in total. The lowest BCUT2D eigenvalue weighted by molar-refractivity contribution is -0.124. The maximum Gasteiger partial charge on any atom is 0.245 e. The van der Waals surface area contributed by atoms with E-state index in [1.165, 1.54) is 11.0 Å². The molecule has 4 rings (SSSR count). The molecule has 4 aromatic rings. The smallest absolute Gasteiger partial charge is 0.245 e. The van der Waals surface area contributed by atoms with Gasteiger partial charge in [-0.2, -0.15) is 5.10 Å². The van der Waals surface area contributed by atoms with Gasteiger partial charge in [-0.3, -0.25) is 4.79 Å². The van der Waals surface area contributed by atoms with E-state index in [-0.39, 0.29) is 5.91 Å². The van der Waals surface area contributed by atoms with Gasteiger partial charge in [-0.05, 0) is 28.1 Å². The van der Waals surface area contributed by atoms with Crippen molar-refractivity contribution < 1.29 is 4.79 Å². The predicted molar refractivity (Wildman–Crippen MR) is 102 cm³/mol. The van der Waals surface area contributed by atoms with E-state index in [1.54, 1.807) is 10.9 Å². The van der Waals surface area contributed by atoms with Crippen molar-refractivity contribution in [3.63, 3.8) is 0 Å². The molecule has 0 radical (unpaired) electrons. The molecule has 1 atom stereocenters. The Kier molecular flexibility index (Phi) is 5.19. The third-order valence-electron chi connectivity index (χ3n) is 4.38. The number of tetrazole rings is 1. The average Bonchev–Trinajstić information content (AvgIpc) is 3.44. The summed E-state index contributed by atoms with van der Waals surface area (Å²) in [5.41, 5.74) is 2.91. The molecule has 2 aromatic heterocycles. The van der Waals surface area contributed by atoms with E-state index in [2.05, 4.69) is 25.9 Å². The number of carbonyl (C=O) groups excluding carboxylic acids is 1. The van der Waals surface area contributed by atoms with Gasteiger partial charge >= 0.3 is 0 Å². The first-order valence-electron chi connectivity index (χ1n) is 8.93. The molecule has 2 heterocycles. The molecule has 0 bridgehead atoms. The predicted octanol–water partition coefficient (Wildman–Crippen LogP) is 1.96. The first kappa shape index (κ1) is 17.6. The van der Waals surface area contributed by atoms with E-state index in [0.29, 0.717) is 13.0 Å². The minimum atomic E-state index is -0.526. The van der Waals surface area contributed by atoms with Gasteiger partial charge in [0.25, 0.3) is 0 Å². The third-order valence-corrected chi connectivity index (χ3v) is 4.38. The van der Waals surface area contributed by atoms with Gasteiger partial charge in [-0.15, -0.1) is 5.10 Å². The molecule has 2 aromatic carbocycles. The Morgan fingerprint density at radius 2 is 1.75 bits per heavy atom. The highest BCUT2D eigenvalue weighted by molar-refractivity contribution is 5.80. The Bertz CT molecular complexity index is 1010. The van der Waals surface area contributed by atoms with Crippen LogP contribution in [0.3, 0.4) is 0 Å². The van der Waals surface area contributed by atoms with Crippen molar-refractivity contribution in [1.82, 2.24) is 35.3 Å². The van der Waals surface area contributed by atoms with Crippen molar-refractivity contribution >= 4 is 5.91 Å². The van der Waals surface area contributed by atoms with Crippen LogP contribution in [0.25, 0.3) is 5.69 Å². The first-order chi connectivity index (χ1) is 13.8. The number of nitrogens with one attached hydrogen (secondary N) is 1. The van der Waals surface area contributed by atoms with Crippen LogP contribution in [0.4, 0.5) is 0 Å². The number of nitrogens with zero attached hydrogens (tertiary/aromatic N) is 6. The molecule has 0 aliphatic heterocycles. The number of amides is 1. The molecule has 0 saturated heterocycles. The van der Waals surface area contributed by atoms with Crippen molar-refractivity contribution in [2.24, 2.45) is 0 Å². The van der Waals surface area contributed by atoms with Crippen LogP contribution in [-0.4, -0.2) is 35.9 Å². The fraction of sp³-hybridized carbons (Fsp3) is 0.150. The van der Waals surface area contributed by atoms with E-state index >= 15 is 0 Å². The number of aromatic nitrogens is 6. The quantitative estimate of drug-likeness (QED) is 0.535.